The highest BCUT2D eigenvalue weighted by Gasteiger charge is 2.34. The Morgan fingerprint density at radius 2 is 2.22 bits per heavy atom. The van der Waals surface area contributed by atoms with Gasteiger partial charge in [0.2, 0.25) is 0 Å². The summed E-state index contributed by atoms with van der Waals surface area (Å²) in [7, 11) is 0. The lowest BCUT2D eigenvalue weighted by molar-refractivity contribution is -0.142. The maximum absolute atomic E-state index is 11.2. The average molecular weight is 249 g/mol. The van der Waals surface area contributed by atoms with Gasteiger partial charge in [-0.15, -0.1) is 0 Å². The van der Waals surface area contributed by atoms with Gasteiger partial charge in [-0.3, -0.25) is 9.69 Å². The van der Waals surface area contributed by atoms with Gasteiger partial charge < -0.3 is 10.2 Å². The first kappa shape index (κ1) is 12.9. The van der Waals surface area contributed by atoms with Crippen LogP contribution in [-0.2, 0) is 4.79 Å². The maximum Gasteiger partial charge on any atom is 0.320 e. The van der Waals surface area contributed by atoms with E-state index >= 15 is 0 Å². The van der Waals surface area contributed by atoms with Crippen molar-refractivity contribution < 1.29 is 15.0 Å². The van der Waals surface area contributed by atoms with Crippen LogP contribution in [0.15, 0.2) is 18.2 Å². The van der Waals surface area contributed by atoms with Gasteiger partial charge in [-0.2, -0.15) is 0 Å². The molecule has 0 amide bonds. The monoisotopic (exact) mass is 249 g/mol. The lowest BCUT2D eigenvalue weighted by Crippen LogP contribution is -2.37. The van der Waals surface area contributed by atoms with Gasteiger partial charge in [0.25, 0.3) is 0 Å². The van der Waals surface area contributed by atoms with Crippen molar-refractivity contribution in [2.45, 2.75) is 38.8 Å². The van der Waals surface area contributed by atoms with Crippen LogP contribution in [0.1, 0.15) is 36.9 Å². The first-order valence-electron chi connectivity index (χ1n) is 6.28. The van der Waals surface area contributed by atoms with E-state index in [1.165, 1.54) is 0 Å². The Bertz CT molecular complexity index is 458. The van der Waals surface area contributed by atoms with E-state index in [2.05, 4.69) is 0 Å². The molecule has 4 nitrogen and oxygen atoms in total. The van der Waals surface area contributed by atoms with Crippen LogP contribution >= 0.6 is 0 Å². The number of phenols is 1. The van der Waals surface area contributed by atoms with Crippen molar-refractivity contribution in [1.29, 1.82) is 0 Å². The molecule has 0 spiro atoms. The van der Waals surface area contributed by atoms with Crippen LogP contribution in [0.4, 0.5) is 0 Å². The van der Waals surface area contributed by atoms with Crippen molar-refractivity contribution in [1.82, 2.24) is 4.90 Å². The first-order chi connectivity index (χ1) is 8.50. The third-order valence-corrected chi connectivity index (χ3v) is 3.71. The van der Waals surface area contributed by atoms with Gasteiger partial charge in [-0.25, -0.2) is 0 Å². The zero-order valence-electron chi connectivity index (χ0n) is 10.8. The molecule has 1 aliphatic heterocycles. The van der Waals surface area contributed by atoms with Crippen LogP contribution in [0.2, 0.25) is 0 Å². The van der Waals surface area contributed by atoms with Crippen molar-refractivity contribution in [2.75, 3.05) is 6.54 Å². The van der Waals surface area contributed by atoms with Crippen LogP contribution in [0, 0.1) is 6.92 Å². The Hall–Kier alpha value is -1.55. The molecular weight excluding hydrogens is 230 g/mol. The standard InChI is InChI=1S/C14H19NO3/c1-9-5-6-13(16)11(8-9)10(2)15-7-3-4-12(15)14(17)18/h5-6,8,10,12,16H,3-4,7H2,1-2H3,(H,17,18). The van der Waals surface area contributed by atoms with E-state index in [0.717, 1.165) is 24.1 Å². The zero-order chi connectivity index (χ0) is 13.3. The Labute approximate surface area is 107 Å². The highest BCUT2D eigenvalue weighted by Crippen LogP contribution is 2.34. The number of carboxylic acids is 1. The second kappa shape index (κ2) is 4.98. The molecule has 1 fully saturated rings. The molecule has 2 unspecified atom stereocenters. The van der Waals surface area contributed by atoms with Crippen molar-refractivity contribution in [3.63, 3.8) is 0 Å². The largest absolute Gasteiger partial charge is 0.508 e. The van der Waals surface area contributed by atoms with Crippen molar-refractivity contribution in [2.24, 2.45) is 0 Å². The molecule has 2 atom stereocenters. The molecule has 1 aliphatic rings. The van der Waals surface area contributed by atoms with Crippen molar-refractivity contribution in [3.05, 3.63) is 29.3 Å². The number of rotatable bonds is 3. The number of nitrogens with zero attached hydrogens (tertiary/aromatic N) is 1. The minimum atomic E-state index is -0.772. The minimum absolute atomic E-state index is 0.0755. The molecule has 2 rings (SSSR count). The van der Waals surface area contributed by atoms with Gasteiger partial charge in [-0.1, -0.05) is 17.7 Å². The van der Waals surface area contributed by atoms with Crippen LogP contribution < -0.4 is 0 Å². The van der Waals surface area contributed by atoms with E-state index in [-0.39, 0.29) is 11.8 Å². The molecule has 0 bridgehead atoms. The lowest BCUT2D eigenvalue weighted by atomic mass is 10.0. The average Bonchev–Trinajstić information content (AvgIpc) is 2.80. The zero-order valence-corrected chi connectivity index (χ0v) is 10.8. The predicted molar refractivity (Wildman–Crippen MR) is 68.6 cm³/mol. The third kappa shape index (κ3) is 2.34. The molecule has 1 heterocycles. The van der Waals surface area contributed by atoms with Crippen LogP contribution in [0.25, 0.3) is 0 Å². The summed E-state index contributed by atoms with van der Waals surface area (Å²) in [6, 6.07) is 4.95. The molecule has 0 aromatic heterocycles. The van der Waals surface area contributed by atoms with Crippen molar-refractivity contribution >= 4 is 5.97 Å². The first-order valence-corrected chi connectivity index (χ1v) is 6.28. The molecular formula is C14H19NO3. The number of carboxylic acid groups (broad SMARTS) is 1. The number of phenolic OH excluding ortho intramolecular Hbond substituents is 1. The number of hydrogen-bond acceptors (Lipinski definition) is 3. The Morgan fingerprint density at radius 1 is 1.50 bits per heavy atom. The summed E-state index contributed by atoms with van der Waals surface area (Å²) in [5, 5.41) is 19.1. The van der Waals surface area contributed by atoms with E-state index in [1.807, 2.05) is 30.9 Å². The quantitative estimate of drug-likeness (QED) is 0.863. The number of aromatic hydroxyl groups is 1. The molecule has 4 heteroatoms. The van der Waals surface area contributed by atoms with Crippen LogP contribution in [-0.4, -0.2) is 33.7 Å². The van der Waals surface area contributed by atoms with Gasteiger partial charge >= 0.3 is 5.97 Å². The Morgan fingerprint density at radius 3 is 2.89 bits per heavy atom. The highest BCUT2D eigenvalue weighted by molar-refractivity contribution is 5.74. The minimum Gasteiger partial charge on any atom is -0.508 e. The smallest absolute Gasteiger partial charge is 0.320 e. The molecule has 1 aromatic rings. The Balaban J connectivity index is 2.27. The summed E-state index contributed by atoms with van der Waals surface area (Å²) in [5.41, 5.74) is 1.88. The summed E-state index contributed by atoms with van der Waals surface area (Å²) in [6.45, 7) is 4.69. The Kier molecular flexibility index (Phi) is 3.57. The fraction of sp³-hybridized carbons (Fsp3) is 0.500. The fourth-order valence-corrected chi connectivity index (χ4v) is 2.70. The molecule has 0 saturated carbocycles. The number of hydrogen-bond donors (Lipinski definition) is 2. The number of likely N-dealkylation sites (tertiary alicyclic amines) is 1. The molecule has 0 radical (unpaired) electrons. The normalized spacial score (nSPS) is 22.0. The molecule has 1 saturated heterocycles. The summed E-state index contributed by atoms with van der Waals surface area (Å²) < 4.78 is 0. The topological polar surface area (TPSA) is 60.8 Å². The summed E-state index contributed by atoms with van der Waals surface area (Å²) in [4.78, 5) is 13.2. The summed E-state index contributed by atoms with van der Waals surface area (Å²) >= 11 is 0. The molecule has 18 heavy (non-hydrogen) atoms. The maximum atomic E-state index is 11.2. The summed E-state index contributed by atoms with van der Waals surface area (Å²) in [5.74, 6) is -0.532. The SMILES string of the molecule is Cc1ccc(O)c(C(C)N2CCCC2C(=O)O)c1. The second-order valence-corrected chi connectivity index (χ2v) is 4.97. The van der Waals surface area contributed by atoms with E-state index in [9.17, 15) is 15.0 Å². The molecule has 2 N–H and O–H groups in total. The second-order valence-electron chi connectivity index (χ2n) is 4.97. The third-order valence-electron chi connectivity index (χ3n) is 3.71. The number of benzene rings is 1. The van der Waals surface area contributed by atoms with Crippen LogP contribution in [0.5, 0.6) is 5.75 Å². The lowest BCUT2D eigenvalue weighted by Gasteiger charge is -2.29. The van der Waals surface area contributed by atoms with E-state index in [4.69, 9.17) is 0 Å². The van der Waals surface area contributed by atoms with Crippen LogP contribution in [0.3, 0.4) is 0 Å². The highest BCUT2D eigenvalue weighted by atomic mass is 16.4. The van der Waals surface area contributed by atoms with Gasteiger partial charge in [-0.05, 0) is 39.3 Å². The van der Waals surface area contributed by atoms with Gasteiger partial charge in [0.1, 0.15) is 11.8 Å². The molecule has 98 valence electrons. The number of aliphatic carboxylic acids is 1. The molecule has 0 aliphatic carbocycles. The van der Waals surface area contributed by atoms with Gasteiger partial charge in [0.05, 0.1) is 0 Å². The summed E-state index contributed by atoms with van der Waals surface area (Å²) in [6.07, 6.45) is 1.58. The number of carbonyl (C=O) groups is 1. The van der Waals surface area contributed by atoms with E-state index in [0.29, 0.717) is 6.42 Å². The van der Waals surface area contributed by atoms with Gasteiger partial charge in [0.15, 0.2) is 0 Å². The van der Waals surface area contributed by atoms with E-state index in [1.54, 1.807) is 6.07 Å². The van der Waals surface area contributed by atoms with E-state index < -0.39 is 12.0 Å². The fourth-order valence-electron chi connectivity index (χ4n) is 2.70. The van der Waals surface area contributed by atoms with Gasteiger partial charge in [0, 0.05) is 11.6 Å². The molecule has 1 aromatic carbocycles. The van der Waals surface area contributed by atoms with Crippen molar-refractivity contribution in [3.8, 4) is 5.75 Å². The predicted octanol–water partition coefficient (Wildman–Crippen LogP) is 2.31. The number of aryl methyl sites for hydroxylation is 1.